The van der Waals surface area contributed by atoms with Crippen molar-refractivity contribution in [3.8, 4) is 5.75 Å². The largest absolute Gasteiger partial charge is 0.484 e. The van der Waals surface area contributed by atoms with Gasteiger partial charge >= 0.3 is 0 Å². The van der Waals surface area contributed by atoms with Crippen LogP contribution in [0.15, 0.2) is 47.6 Å². The second-order valence-corrected chi connectivity index (χ2v) is 10.5. The Morgan fingerprint density at radius 1 is 1.06 bits per heavy atom. The van der Waals surface area contributed by atoms with Crippen molar-refractivity contribution in [3.05, 3.63) is 59.2 Å². The van der Waals surface area contributed by atoms with Crippen LogP contribution in [-0.2, 0) is 19.6 Å². The van der Waals surface area contributed by atoms with Gasteiger partial charge in [-0.1, -0.05) is 18.2 Å². The second-order valence-electron chi connectivity index (χ2n) is 8.60. The van der Waals surface area contributed by atoms with Crippen molar-refractivity contribution in [2.45, 2.75) is 33.1 Å². The molecule has 2 aromatic carbocycles. The number of aryl methyl sites for hydroxylation is 2. The van der Waals surface area contributed by atoms with Crippen molar-refractivity contribution < 1.29 is 22.7 Å². The molecule has 0 atom stereocenters. The Hall–Kier alpha value is -3.40. The molecule has 3 rings (SSSR count). The number of nitrogens with one attached hydrogen (secondary N) is 1. The van der Waals surface area contributed by atoms with E-state index in [2.05, 4.69) is 10.5 Å². The van der Waals surface area contributed by atoms with Gasteiger partial charge in [0.2, 0.25) is 10.0 Å². The maximum atomic E-state index is 12.4. The minimum absolute atomic E-state index is 0.000687. The molecular weight excluding hydrogens is 468 g/mol. The predicted octanol–water partition coefficient (Wildman–Crippen LogP) is 2.61. The van der Waals surface area contributed by atoms with Crippen molar-refractivity contribution >= 4 is 33.7 Å². The molecule has 0 aromatic heterocycles. The first-order valence-electron chi connectivity index (χ1n) is 11.5. The SMILES string of the molecule is Cc1cccc(C)c1N(CC(=O)N/N=C\c1ccc(OCC(=O)N2CCCCC2)cc1)S(C)(=O)=O. The fourth-order valence-corrected chi connectivity index (χ4v) is 4.91. The van der Waals surface area contributed by atoms with Crippen molar-refractivity contribution in [2.75, 3.05) is 36.8 Å². The summed E-state index contributed by atoms with van der Waals surface area (Å²) in [6.07, 6.45) is 5.75. The molecule has 0 unspecified atom stereocenters. The van der Waals surface area contributed by atoms with E-state index in [1.165, 1.54) is 6.21 Å². The van der Waals surface area contributed by atoms with Gasteiger partial charge in [-0.05, 0) is 74.1 Å². The topological polar surface area (TPSA) is 108 Å². The number of ether oxygens (including phenoxy) is 1. The fraction of sp³-hybridized carbons (Fsp3) is 0.400. The van der Waals surface area contributed by atoms with Gasteiger partial charge in [0.05, 0.1) is 18.2 Å². The highest BCUT2D eigenvalue weighted by molar-refractivity contribution is 7.92. The molecule has 2 amide bonds. The summed E-state index contributed by atoms with van der Waals surface area (Å²) < 4.78 is 31.4. The maximum absolute atomic E-state index is 12.4. The molecule has 1 N–H and O–H groups in total. The lowest BCUT2D eigenvalue weighted by molar-refractivity contribution is -0.134. The lowest BCUT2D eigenvalue weighted by Crippen LogP contribution is -2.39. The highest BCUT2D eigenvalue weighted by Gasteiger charge is 2.23. The molecule has 1 saturated heterocycles. The van der Waals surface area contributed by atoms with Crippen LogP contribution >= 0.6 is 0 Å². The van der Waals surface area contributed by atoms with Crippen LogP contribution in [0.3, 0.4) is 0 Å². The number of hydrogen-bond acceptors (Lipinski definition) is 6. The highest BCUT2D eigenvalue weighted by Crippen LogP contribution is 2.26. The summed E-state index contributed by atoms with van der Waals surface area (Å²) in [4.78, 5) is 26.5. The average Bonchev–Trinajstić information content (AvgIpc) is 2.82. The number of piperidine rings is 1. The van der Waals surface area contributed by atoms with Crippen LogP contribution in [0, 0.1) is 13.8 Å². The van der Waals surface area contributed by atoms with Crippen molar-refractivity contribution in [1.29, 1.82) is 0 Å². The Bertz CT molecular complexity index is 1150. The number of likely N-dealkylation sites (tertiary alicyclic amines) is 1. The van der Waals surface area contributed by atoms with E-state index < -0.39 is 15.9 Å². The van der Waals surface area contributed by atoms with E-state index in [-0.39, 0.29) is 19.1 Å². The molecular formula is C25H32N4O5S. The van der Waals surface area contributed by atoms with E-state index in [0.717, 1.165) is 54.0 Å². The number of benzene rings is 2. The number of amides is 2. The molecule has 0 radical (unpaired) electrons. The second kappa shape index (κ2) is 11.8. The van der Waals surface area contributed by atoms with Crippen LogP contribution in [0.1, 0.15) is 36.0 Å². The summed E-state index contributed by atoms with van der Waals surface area (Å²) in [7, 11) is -3.68. The maximum Gasteiger partial charge on any atom is 0.260 e. The van der Waals surface area contributed by atoms with Crippen LogP contribution in [0.2, 0.25) is 0 Å². The van der Waals surface area contributed by atoms with Gasteiger partial charge in [0.15, 0.2) is 6.61 Å². The number of nitrogens with zero attached hydrogens (tertiary/aromatic N) is 3. The van der Waals surface area contributed by atoms with E-state index in [1.54, 1.807) is 50.2 Å². The summed E-state index contributed by atoms with van der Waals surface area (Å²) in [6, 6.07) is 12.4. The molecule has 9 nitrogen and oxygen atoms in total. The number of carbonyl (C=O) groups is 2. The molecule has 10 heteroatoms. The molecule has 1 heterocycles. The molecule has 1 aliphatic heterocycles. The van der Waals surface area contributed by atoms with Gasteiger partial charge in [0.1, 0.15) is 12.3 Å². The van der Waals surface area contributed by atoms with Crippen molar-refractivity contribution in [3.63, 3.8) is 0 Å². The number of rotatable bonds is 9. The number of carbonyl (C=O) groups excluding carboxylic acids is 2. The number of hydrazone groups is 1. The van der Waals surface area contributed by atoms with Gasteiger partial charge in [-0.15, -0.1) is 0 Å². The Morgan fingerprint density at radius 2 is 1.69 bits per heavy atom. The average molecular weight is 501 g/mol. The van der Waals surface area contributed by atoms with Crippen LogP contribution in [-0.4, -0.2) is 63.8 Å². The Labute approximate surface area is 206 Å². The normalized spacial score (nSPS) is 14.1. The molecule has 1 aliphatic rings. The summed E-state index contributed by atoms with van der Waals surface area (Å²) in [6.45, 7) is 4.78. The number of anilines is 1. The molecule has 0 bridgehead atoms. The van der Waals surface area contributed by atoms with Crippen molar-refractivity contribution in [1.82, 2.24) is 10.3 Å². The van der Waals surface area contributed by atoms with Gasteiger partial charge in [0.25, 0.3) is 11.8 Å². The minimum atomic E-state index is -3.68. The molecule has 1 fully saturated rings. The first-order valence-corrected chi connectivity index (χ1v) is 13.4. The van der Waals surface area contributed by atoms with E-state index in [0.29, 0.717) is 17.0 Å². The fourth-order valence-electron chi connectivity index (χ4n) is 3.94. The molecule has 2 aromatic rings. The quantitative estimate of drug-likeness (QED) is 0.421. The minimum Gasteiger partial charge on any atom is -0.484 e. The van der Waals surface area contributed by atoms with Gasteiger partial charge in [-0.25, -0.2) is 13.8 Å². The van der Waals surface area contributed by atoms with Gasteiger partial charge in [0, 0.05) is 13.1 Å². The standard InChI is InChI=1S/C25H32N4O5S/c1-19-8-7-9-20(2)25(19)29(35(3,32)33)17-23(30)27-26-16-21-10-12-22(13-11-21)34-18-24(31)28-14-5-4-6-15-28/h7-13,16H,4-6,14-15,17-18H2,1-3H3,(H,27,30)/b26-16-. The predicted molar refractivity (Wildman–Crippen MR) is 136 cm³/mol. The first-order chi connectivity index (χ1) is 16.6. The Kier molecular flexibility index (Phi) is 8.86. The van der Waals surface area contributed by atoms with Crippen LogP contribution in [0.4, 0.5) is 5.69 Å². The smallest absolute Gasteiger partial charge is 0.260 e. The number of hydrogen-bond donors (Lipinski definition) is 1. The van der Waals surface area contributed by atoms with E-state index >= 15 is 0 Å². The lowest BCUT2D eigenvalue weighted by Gasteiger charge is -2.26. The number of para-hydroxylation sites is 1. The van der Waals surface area contributed by atoms with Crippen LogP contribution in [0.5, 0.6) is 5.75 Å². The molecule has 188 valence electrons. The van der Waals surface area contributed by atoms with Crippen LogP contribution < -0.4 is 14.5 Å². The zero-order chi connectivity index (χ0) is 25.4. The van der Waals surface area contributed by atoms with Gasteiger partial charge < -0.3 is 9.64 Å². The Morgan fingerprint density at radius 3 is 2.29 bits per heavy atom. The summed E-state index contributed by atoms with van der Waals surface area (Å²) in [5.41, 5.74) is 5.08. The molecule has 35 heavy (non-hydrogen) atoms. The lowest BCUT2D eigenvalue weighted by atomic mass is 10.1. The highest BCUT2D eigenvalue weighted by atomic mass is 32.2. The van der Waals surface area contributed by atoms with E-state index in [4.69, 9.17) is 4.74 Å². The van der Waals surface area contributed by atoms with Crippen molar-refractivity contribution in [2.24, 2.45) is 5.10 Å². The summed E-state index contributed by atoms with van der Waals surface area (Å²) >= 11 is 0. The zero-order valence-corrected chi connectivity index (χ0v) is 21.2. The molecule has 0 saturated carbocycles. The zero-order valence-electron chi connectivity index (χ0n) is 20.4. The number of sulfonamides is 1. The summed E-state index contributed by atoms with van der Waals surface area (Å²) in [5.74, 6) is -0.0125. The third-order valence-corrected chi connectivity index (χ3v) is 6.84. The first kappa shape index (κ1) is 26.2. The third kappa shape index (κ3) is 7.54. The monoisotopic (exact) mass is 500 g/mol. The molecule has 0 spiro atoms. The third-order valence-electron chi connectivity index (χ3n) is 5.73. The van der Waals surface area contributed by atoms with E-state index in [1.807, 2.05) is 11.0 Å². The summed E-state index contributed by atoms with van der Waals surface area (Å²) in [5, 5.41) is 3.93. The van der Waals surface area contributed by atoms with Crippen LogP contribution in [0.25, 0.3) is 0 Å². The molecule has 0 aliphatic carbocycles. The Balaban J connectivity index is 1.53. The van der Waals surface area contributed by atoms with Gasteiger partial charge in [-0.2, -0.15) is 5.10 Å². The van der Waals surface area contributed by atoms with Gasteiger partial charge in [-0.3, -0.25) is 13.9 Å². The van der Waals surface area contributed by atoms with E-state index in [9.17, 15) is 18.0 Å².